The molecule has 1 aliphatic heterocycles. The third-order valence-corrected chi connectivity index (χ3v) is 2.61. The Bertz CT molecular complexity index is 267. The van der Waals surface area contributed by atoms with Gasteiger partial charge in [-0.3, -0.25) is 0 Å². The van der Waals surface area contributed by atoms with E-state index in [1.165, 1.54) is 7.11 Å². The SMILES string of the molecule is [2H]B(C)OC[C@H]1OC(OC)C(C)(O)[C@@H]1OB([2H])C. The molecule has 0 spiro atoms. The minimum atomic E-state index is -1.36. The van der Waals surface area contributed by atoms with Crippen LogP contribution in [-0.4, -0.2) is 60.5 Å². The molecule has 0 aromatic carbocycles. The molecule has 4 atom stereocenters. The highest BCUT2D eigenvalue weighted by molar-refractivity contribution is 6.25. The lowest BCUT2D eigenvalue weighted by Gasteiger charge is -2.29. The minimum absolute atomic E-state index is 0.109. The third-order valence-electron chi connectivity index (χ3n) is 2.61. The Morgan fingerprint density at radius 2 is 2.19 bits per heavy atom. The number of aliphatic hydroxyl groups is 1. The van der Waals surface area contributed by atoms with Crippen LogP contribution in [0, 0.1) is 0 Å². The molecule has 16 heavy (non-hydrogen) atoms. The molecule has 1 aliphatic rings. The molecule has 1 fully saturated rings. The van der Waals surface area contributed by atoms with Gasteiger partial charge in [0, 0.05) is 9.78 Å². The average Bonchev–Trinajstić information content (AvgIpc) is 2.48. The van der Waals surface area contributed by atoms with Crippen molar-refractivity contribution in [1.82, 2.24) is 0 Å². The summed E-state index contributed by atoms with van der Waals surface area (Å²) in [6, 6.07) is 0. The fraction of sp³-hybridized carbons (Fsp3) is 1.00. The molecule has 0 aliphatic carbocycles. The van der Waals surface area contributed by atoms with Gasteiger partial charge in [-0.1, -0.05) is 13.6 Å². The summed E-state index contributed by atoms with van der Waals surface area (Å²) in [6.45, 7) is 4.79. The van der Waals surface area contributed by atoms with Crippen molar-refractivity contribution in [3.8, 4) is 0 Å². The summed E-state index contributed by atoms with van der Waals surface area (Å²) in [4.78, 5) is 0. The highest BCUT2D eigenvalue weighted by atomic mass is 16.7. The lowest BCUT2D eigenvalue weighted by molar-refractivity contribution is -0.185. The van der Waals surface area contributed by atoms with Crippen molar-refractivity contribution in [1.29, 1.82) is 2.67 Å². The third kappa shape index (κ3) is 2.78. The second-order valence-corrected chi connectivity index (χ2v) is 3.83. The van der Waals surface area contributed by atoms with Crippen LogP contribution in [0.2, 0.25) is 13.6 Å². The number of rotatable bonds is 6. The lowest BCUT2D eigenvalue weighted by Crippen LogP contribution is -2.48. The Balaban J connectivity index is 2.74. The van der Waals surface area contributed by atoms with E-state index in [1.54, 1.807) is 20.6 Å². The highest BCUT2D eigenvalue weighted by Gasteiger charge is 2.53. The molecule has 1 rings (SSSR count). The zero-order chi connectivity index (χ0) is 13.9. The maximum absolute atomic E-state index is 10.3. The van der Waals surface area contributed by atoms with Crippen molar-refractivity contribution >= 4 is 14.9 Å². The molecular weight excluding hydrogens is 210 g/mol. The number of methoxy groups -OCH3 is 1. The number of hydrogen-bond donors (Lipinski definition) is 1. The zero-order valence-corrected chi connectivity index (χ0v) is 10.2. The maximum atomic E-state index is 10.3. The monoisotopic (exact) mass is 232 g/mol. The smallest absolute Gasteiger partial charge is 0.272 e. The predicted molar refractivity (Wildman–Crippen MR) is 63.1 cm³/mol. The van der Waals surface area contributed by atoms with Gasteiger partial charge in [-0.15, -0.1) is 0 Å². The van der Waals surface area contributed by atoms with Crippen LogP contribution in [0.25, 0.3) is 0 Å². The molecule has 1 heterocycles. The first-order valence-electron chi connectivity index (χ1n) is 6.46. The average molecular weight is 232 g/mol. The summed E-state index contributed by atoms with van der Waals surface area (Å²) >= 11 is 0. The molecule has 0 saturated carbocycles. The maximum Gasteiger partial charge on any atom is 0.272 e. The summed E-state index contributed by atoms with van der Waals surface area (Å²) in [5.41, 5.74) is -1.36. The van der Waals surface area contributed by atoms with Gasteiger partial charge in [0.05, 0.1) is 6.61 Å². The van der Waals surface area contributed by atoms with Crippen molar-refractivity contribution in [3.05, 3.63) is 0 Å². The van der Waals surface area contributed by atoms with Crippen molar-refractivity contribution in [2.24, 2.45) is 0 Å². The van der Waals surface area contributed by atoms with Crippen LogP contribution >= 0.6 is 0 Å². The molecule has 0 aromatic rings. The Labute approximate surface area is 101 Å². The van der Waals surface area contributed by atoms with Gasteiger partial charge in [-0.05, 0) is 6.92 Å². The minimum Gasteiger partial charge on any atom is -0.437 e. The van der Waals surface area contributed by atoms with Crippen molar-refractivity contribution in [2.75, 3.05) is 13.7 Å². The normalized spacial score (nSPS) is 40.4. The van der Waals surface area contributed by atoms with Crippen molar-refractivity contribution < 1.29 is 23.9 Å². The topological polar surface area (TPSA) is 57.2 Å². The molecule has 1 N–H and O–H groups in total. The van der Waals surface area contributed by atoms with Gasteiger partial charge in [-0.25, -0.2) is 0 Å². The van der Waals surface area contributed by atoms with Gasteiger partial charge in [-0.2, -0.15) is 0 Å². The van der Waals surface area contributed by atoms with Crippen LogP contribution in [0.3, 0.4) is 0 Å². The van der Waals surface area contributed by atoms with E-state index in [9.17, 15) is 5.11 Å². The molecule has 0 amide bonds. The van der Waals surface area contributed by atoms with Gasteiger partial charge < -0.3 is 23.9 Å². The molecule has 2 unspecified atom stereocenters. The molecular formula is C9H20B2O5. The Hall–Kier alpha value is -0.0701. The quantitative estimate of drug-likeness (QED) is 0.614. The molecule has 1 saturated heterocycles. The van der Waals surface area contributed by atoms with E-state index in [1.807, 2.05) is 0 Å². The van der Waals surface area contributed by atoms with Crippen LogP contribution in [-0.2, 0) is 18.8 Å². The van der Waals surface area contributed by atoms with Gasteiger partial charge in [0.1, 0.15) is 17.8 Å². The van der Waals surface area contributed by atoms with E-state index in [0.717, 1.165) is 0 Å². The van der Waals surface area contributed by atoms with Crippen LogP contribution in [0.4, 0.5) is 0 Å². The van der Waals surface area contributed by atoms with Gasteiger partial charge in [0.15, 0.2) is 6.29 Å². The van der Waals surface area contributed by atoms with Gasteiger partial charge in [0.2, 0.25) is 0 Å². The second-order valence-electron chi connectivity index (χ2n) is 3.83. The molecule has 7 heteroatoms. The highest BCUT2D eigenvalue weighted by Crippen LogP contribution is 2.33. The predicted octanol–water partition coefficient (Wildman–Crippen LogP) is -0.690. The van der Waals surface area contributed by atoms with Crippen LogP contribution in [0.5, 0.6) is 0 Å². The van der Waals surface area contributed by atoms with Crippen LogP contribution in [0.1, 0.15) is 6.92 Å². The van der Waals surface area contributed by atoms with E-state index in [2.05, 4.69) is 0 Å². The first-order chi connectivity index (χ1) is 8.28. The first-order valence-corrected chi connectivity index (χ1v) is 5.31. The van der Waals surface area contributed by atoms with Gasteiger partial charge in [0.25, 0.3) is 14.9 Å². The van der Waals surface area contributed by atoms with Gasteiger partial charge >= 0.3 is 0 Å². The Morgan fingerprint density at radius 1 is 1.50 bits per heavy atom. The summed E-state index contributed by atoms with van der Waals surface area (Å²) < 4.78 is 35.8. The number of hydrogen-bond acceptors (Lipinski definition) is 5. The summed E-state index contributed by atoms with van der Waals surface area (Å²) in [7, 11) is -0.0535. The molecule has 5 nitrogen and oxygen atoms in total. The lowest BCUT2D eigenvalue weighted by atomic mass is 9.94. The van der Waals surface area contributed by atoms with E-state index in [4.69, 9.17) is 21.5 Å². The second kappa shape index (κ2) is 6.02. The largest absolute Gasteiger partial charge is 0.437 e. The first kappa shape index (κ1) is 11.0. The van der Waals surface area contributed by atoms with E-state index >= 15 is 0 Å². The standard InChI is InChI=1S/C9H20B2O5/c1-9(12)7(16-11-3)6(5-14-10-2)15-8(9)13-4/h6-8,10-12H,5H2,1-4H3/t6-,7-,8?,9?/m1/s1/i10D,11D. The Kier molecular flexibility index (Phi) is 4.16. The summed E-state index contributed by atoms with van der Waals surface area (Å²) in [5.74, 6) is 0. The van der Waals surface area contributed by atoms with Crippen molar-refractivity contribution in [2.45, 2.75) is 44.7 Å². The zero-order valence-electron chi connectivity index (χ0n) is 12.2. The summed E-state index contributed by atoms with van der Waals surface area (Å²) in [6.07, 6.45) is -2.13. The van der Waals surface area contributed by atoms with Crippen LogP contribution < -0.4 is 0 Å². The van der Waals surface area contributed by atoms with Crippen LogP contribution in [0.15, 0.2) is 0 Å². The molecule has 0 aromatic heterocycles. The molecule has 0 radical (unpaired) electrons. The van der Waals surface area contributed by atoms with E-state index in [0.29, 0.717) is 0 Å². The fourth-order valence-corrected chi connectivity index (χ4v) is 1.86. The van der Waals surface area contributed by atoms with Crippen molar-refractivity contribution in [3.63, 3.8) is 0 Å². The Morgan fingerprint density at radius 3 is 2.69 bits per heavy atom. The molecule has 92 valence electrons. The number of ether oxygens (including phenoxy) is 2. The molecule has 0 bridgehead atoms. The fourth-order valence-electron chi connectivity index (χ4n) is 1.86. The van der Waals surface area contributed by atoms with E-state index in [-0.39, 0.29) is 6.61 Å². The van der Waals surface area contributed by atoms with E-state index < -0.39 is 39.0 Å². The summed E-state index contributed by atoms with van der Waals surface area (Å²) in [5, 5.41) is 10.3.